The van der Waals surface area contributed by atoms with Crippen LogP contribution in [0.15, 0.2) is 29.3 Å². The van der Waals surface area contributed by atoms with Crippen LogP contribution in [0.2, 0.25) is 0 Å². The Labute approximate surface area is 88.2 Å². The van der Waals surface area contributed by atoms with E-state index in [2.05, 4.69) is 10.3 Å². The van der Waals surface area contributed by atoms with Gasteiger partial charge in [0.25, 0.3) is 0 Å². The summed E-state index contributed by atoms with van der Waals surface area (Å²) in [6.07, 6.45) is 0.820. The van der Waals surface area contributed by atoms with Crippen LogP contribution in [0.3, 0.4) is 0 Å². The quantitative estimate of drug-likeness (QED) is 0.769. The van der Waals surface area contributed by atoms with Crippen molar-refractivity contribution in [1.82, 2.24) is 5.32 Å². The Kier molecular flexibility index (Phi) is 2.34. The molecule has 15 heavy (non-hydrogen) atoms. The van der Waals surface area contributed by atoms with Gasteiger partial charge in [-0.3, -0.25) is 4.99 Å². The van der Waals surface area contributed by atoms with E-state index in [1.165, 1.54) is 12.1 Å². The van der Waals surface area contributed by atoms with Gasteiger partial charge in [-0.05, 0) is 24.1 Å². The van der Waals surface area contributed by atoms with Crippen LogP contribution in [0.25, 0.3) is 0 Å². The molecule has 0 amide bonds. The first-order valence-corrected chi connectivity index (χ1v) is 5.00. The first-order chi connectivity index (χ1) is 7.16. The van der Waals surface area contributed by atoms with Gasteiger partial charge < -0.3 is 11.1 Å². The van der Waals surface area contributed by atoms with E-state index in [4.69, 9.17) is 5.73 Å². The molecular formula is C11H14FN3. The van der Waals surface area contributed by atoms with Gasteiger partial charge in [-0.25, -0.2) is 4.39 Å². The molecule has 0 spiro atoms. The van der Waals surface area contributed by atoms with E-state index in [-0.39, 0.29) is 11.4 Å². The lowest BCUT2D eigenvalue weighted by atomic mass is 9.88. The van der Waals surface area contributed by atoms with E-state index >= 15 is 0 Å². The topological polar surface area (TPSA) is 50.4 Å². The number of guanidine groups is 1. The number of nitrogens with two attached hydrogens (primary N) is 1. The zero-order chi connectivity index (χ0) is 10.9. The van der Waals surface area contributed by atoms with Crippen molar-refractivity contribution in [2.45, 2.75) is 18.9 Å². The normalized spacial score (nSPS) is 24.8. The highest BCUT2D eigenvalue weighted by Gasteiger charge is 2.34. The van der Waals surface area contributed by atoms with Crippen LogP contribution in [0.5, 0.6) is 0 Å². The van der Waals surface area contributed by atoms with E-state index in [0.717, 1.165) is 12.0 Å². The second kappa shape index (κ2) is 3.53. The second-order valence-corrected chi connectivity index (χ2v) is 3.77. The minimum Gasteiger partial charge on any atom is -0.370 e. The standard InChI is InChI=1S/C11H14FN3/c1-2-11(7-14-10(13)15-11)8-4-3-5-9(12)6-8/h3-6H,2,7H2,1H3,(H3,13,14,15). The van der Waals surface area contributed by atoms with Crippen LogP contribution in [0.4, 0.5) is 4.39 Å². The van der Waals surface area contributed by atoms with Gasteiger partial charge in [-0.2, -0.15) is 0 Å². The molecule has 80 valence electrons. The van der Waals surface area contributed by atoms with Gasteiger partial charge in [-0.15, -0.1) is 0 Å². The summed E-state index contributed by atoms with van der Waals surface area (Å²) in [5, 5.41) is 3.12. The number of rotatable bonds is 2. The molecule has 1 aromatic carbocycles. The molecule has 2 rings (SSSR count). The molecule has 0 aromatic heterocycles. The van der Waals surface area contributed by atoms with Gasteiger partial charge in [0.05, 0.1) is 12.1 Å². The monoisotopic (exact) mass is 207 g/mol. The molecule has 1 aliphatic rings. The van der Waals surface area contributed by atoms with E-state index < -0.39 is 0 Å². The molecule has 1 unspecified atom stereocenters. The molecule has 1 atom stereocenters. The fourth-order valence-electron chi connectivity index (χ4n) is 1.90. The molecule has 0 aliphatic carbocycles. The molecule has 0 saturated heterocycles. The highest BCUT2D eigenvalue weighted by molar-refractivity contribution is 5.81. The average Bonchev–Trinajstić information content (AvgIpc) is 2.61. The SMILES string of the molecule is CCC1(c2cccc(F)c2)CN=C(N)N1. The largest absolute Gasteiger partial charge is 0.370 e. The minimum atomic E-state index is -0.327. The van der Waals surface area contributed by atoms with Crippen molar-refractivity contribution in [3.8, 4) is 0 Å². The highest BCUT2D eigenvalue weighted by atomic mass is 19.1. The summed E-state index contributed by atoms with van der Waals surface area (Å²) in [7, 11) is 0. The molecule has 1 aromatic rings. The molecule has 0 bridgehead atoms. The number of nitrogens with zero attached hydrogens (tertiary/aromatic N) is 1. The van der Waals surface area contributed by atoms with Crippen LogP contribution < -0.4 is 11.1 Å². The van der Waals surface area contributed by atoms with E-state index in [9.17, 15) is 4.39 Å². The zero-order valence-corrected chi connectivity index (χ0v) is 8.63. The maximum atomic E-state index is 13.1. The Morgan fingerprint density at radius 2 is 2.40 bits per heavy atom. The fourth-order valence-corrected chi connectivity index (χ4v) is 1.90. The van der Waals surface area contributed by atoms with E-state index in [1.807, 2.05) is 13.0 Å². The van der Waals surface area contributed by atoms with Crippen LogP contribution in [0, 0.1) is 5.82 Å². The molecule has 3 nitrogen and oxygen atoms in total. The summed E-state index contributed by atoms with van der Waals surface area (Å²) in [4.78, 5) is 4.13. The first-order valence-electron chi connectivity index (χ1n) is 5.00. The fraction of sp³-hybridized carbons (Fsp3) is 0.364. The third kappa shape index (κ3) is 1.67. The molecular weight excluding hydrogens is 193 g/mol. The summed E-state index contributed by atoms with van der Waals surface area (Å²) in [5.41, 5.74) is 6.18. The molecule has 0 radical (unpaired) electrons. The second-order valence-electron chi connectivity index (χ2n) is 3.77. The van der Waals surface area contributed by atoms with Crippen LogP contribution >= 0.6 is 0 Å². The van der Waals surface area contributed by atoms with Crippen molar-refractivity contribution in [2.24, 2.45) is 10.7 Å². The third-order valence-electron chi connectivity index (χ3n) is 2.87. The predicted octanol–water partition coefficient (Wildman–Crippen LogP) is 1.35. The zero-order valence-electron chi connectivity index (χ0n) is 8.63. The molecule has 0 fully saturated rings. The van der Waals surface area contributed by atoms with Gasteiger partial charge in [0, 0.05) is 0 Å². The molecule has 1 aliphatic heterocycles. The minimum absolute atomic E-state index is 0.229. The number of benzene rings is 1. The van der Waals surface area contributed by atoms with Gasteiger partial charge in [0.2, 0.25) is 0 Å². The van der Waals surface area contributed by atoms with Gasteiger partial charge in [0.15, 0.2) is 5.96 Å². The maximum Gasteiger partial charge on any atom is 0.189 e. The summed E-state index contributed by atoms with van der Waals surface area (Å²) in [6.45, 7) is 2.60. The number of hydrogen-bond donors (Lipinski definition) is 2. The van der Waals surface area contributed by atoms with Crippen molar-refractivity contribution in [3.63, 3.8) is 0 Å². The van der Waals surface area contributed by atoms with Gasteiger partial charge in [0.1, 0.15) is 5.82 Å². The van der Waals surface area contributed by atoms with Crippen molar-refractivity contribution in [1.29, 1.82) is 0 Å². The Hall–Kier alpha value is -1.58. The summed E-state index contributed by atoms with van der Waals surface area (Å²) in [6, 6.07) is 6.57. The molecule has 4 heteroatoms. The summed E-state index contributed by atoms with van der Waals surface area (Å²) in [5.74, 6) is 0.203. The molecule has 0 saturated carbocycles. The van der Waals surface area contributed by atoms with Crippen molar-refractivity contribution >= 4 is 5.96 Å². The highest BCUT2D eigenvalue weighted by Crippen LogP contribution is 2.28. The number of aliphatic imine (C=N–C) groups is 1. The summed E-state index contributed by atoms with van der Waals surface area (Å²) >= 11 is 0. The van der Waals surface area contributed by atoms with Gasteiger partial charge in [-0.1, -0.05) is 19.1 Å². The van der Waals surface area contributed by atoms with Crippen molar-refractivity contribution in [2.75, 3.05) is 6.54 Å². The molecule has 1 heterocycles. The first kappa shape index (κ1) is 9.96. The average molecular weight is 207 g/mol. The van der Waals surface area contributed by atoms with Crippen LogP contribution in [-0.4, -0.2) is 12.5 Å². The summed E-state index contributed by atoms with van der Waals surface area (Å²) < 4.78 is 13.1. The van der Waals surface area contributed by atoms with Crippen LogP contribution in [0.1, 0.15) is 18.9 Å². The van der Waals surface area contributed by atoms with E-state index in [0.29, 0.717) is 12.5 Å². The maximum absolute atomic E-state index is 13.1. The lowest BCUT2D eigenvalue weighted by molar-refractivity contribution is 0.412. The van der Waals surface area contributed by atoms with Crippen molar-refractivity contribution < 1.29 is 4.39 Å². The predicted molar refractivity (Wildman–Crippen MR) is 58.0 cm³/mol. The lowest BCUT2D eigenvalue weighted by Gasteiger charge is -2.28. The smallest absolute Gasteiger partial charge is 0.189 e. The lowest BCUT2D eigenvalue weighted by Crippen LogP contribution is -2.45. The molecule has 3 N–H and O–H groups in total. The third-order valence-corrected chi connectivity index (χ3v) is 2.87. The Balaban J connectivity index is 2.36. The Morgan fingerprint density at radius 1 is 1.60 bits per heavy atom. The number of nitrogens with one attached hydrogen (secondary N) is 1. The number of hydrogen-bond acceptors (Lipinski definition) is 3. The van der Waals surface area contributed by atoms with Gasteiger partial charge >= 0.3 is 0 Å². The van der Waals surface area contributed by atoms with Crippen LogP contribution in [-0.2, 0) is 5.54 Å². The Morgan fingerprint density at radius 3 is 2.93 bits per heavy atom. The van der Waals surface area contributed by atoms with Crippen molar-refractivity contribution in [3.05, 3.63) is 35.6 Å². The Bertz CT molecular complexity index is 403. The van der Waals surface area contributed by atoms with E-state index in [1.54, 1.807) is 6.07 Å². The number of halogens is 1.